The summed E-state index contributed by atoms with van der Waals surface area (Å²) in [5.41, 5.74) is 0.348. The van der Waals surface area contributed by atoms with Crippen LogP contribution < -0.4 is 5.84 Å². The second-order valence-corrected chi connectivity index (χ2v) is 2.70. The Morgan fingerprint density at radius 1 is 1.40 bits per heavy atom. The second-order valence-electron chi connectivity index (χ2n) is 2.70. The van der Waals surface area contributed by atoms with E-state index >= 15 is 0 Å². The lowest BCUT2D eigenvalue weighted by Crippen LogP contribution is -2.09. The van der Waals surface area contributed by atoms with Crippen LogP contribution in [0.3, 0.4) is 0 Å². The molecule has 7 heteroatoms. The zero-order valence-electron chi connectivity index (χ0n) is 7.58. The first-order valence-corrected chi connectivity index (χ1v) is 4.09. The van der Waals surface area contributed by atoms with Crippen LogP contribution in [0.1, 0.15) is 5.56 Å². The maximum atomic E-state index is 13.1. The molecular formula is C8H7FN6. The molecule has 0 fully saturated rings. The molecule has 0 saturated carbocycles. The highest BCUT2D eigenvalue weighted by Crippen LogP contribution is 2.05. The van der Waals surface area contributed by atoms with Gasteiger partial charge in [-0.25, -0.2) is 9.38 Å². The monoisotopic (exact) mass is 206 g/mol. The van der Waals surface area contributed by atoms with Crippen LogP contribution in [0.15, 0.2) is 29.3 Å². The lowest BCUT2D eigenvalue weighted by atomic mass is 10.2. The molecule has 0 spiro atoms. The van der Waals surface area contributed by atoms with E-state index in [1.807, 2.05) is 0 Å². The van der Waals surface area contributed by atoms with Crippen molar-refractivity contribution >= 4 is 12.2 Å². The maximum absolute atomic E-state index is 13.1. The molecule has 0 aliphatic carbocycles. The summed E-state index contributed by atoms with van der Waals surface area (Å²) >= 11 is 0. The Morgan fingerprint density at radius 2 is 2.20 bits per heavy atom. The molecule has 0 bridgehead atoms. The zero-order chi connectivity index (χ0) is 10.7. The third-order valence-corrected chi connectivity index (χ3v) is 1.70. The fraction of sp³-hybridized carbons (Fsp3) is 0. The minimum atomic E-state index is -0.364. The predicted octanol–water partition coefficient (Wildman–Crippen LogP) is 0.277. The lowest BCUT2D eigenvalue weighted by Gasteiger charge is -1.93. The van der Waals surface area contributed by atoms with E-state index in [2.05, 4.69) is 20.5 Å². The number of hydrogen-bond acceptors (Lipinski definition) is 5. The summed E-state index contributed by atoms with van der Waals surface area (Å²) in [5, 5.41) is 10.2. The van der Waals surface area contributed by atoms with Crippen molar-refractivity contribution < 1.29 is 4.39 Å². The molecule has 2 N–H and O–H groups in total. The molecule has 0 atom stereocenters. The van der Waals surface area contributed by atoms with Crippen molar-refractivity contribution in [1.29, 1.82) is 0 Å². The highest BCUT2D eigenvalue weighted by Gasteiger charge is 2.00. The quantitative estimate of drug-likeness (QED) is 0.565. The van der Waals surface area contributed by atoms with Crippen molar-refractivity contribution in [2.24, 2.45) is 4.99 Å². The lowest BCUT2D eigenvalue weighted by molar-refractivity contribution is 0.626. The van der Waals surface area contributed by atoms with Crippen molar-refractivity contribution in [3.8, 4) is 0 Å². The molecule has 0 unspecified atom stereocenters. The SMILES string of the molecule is Nn1nnnc1N=Cc1ccccc1F. The van der Waals surface area contributed by atoms with Gasteiger partial charge in [0.25, 0.3) is 5.95 Å². The number of halogens is 1. The molecule has 76 valence electrons. The van der Waals surface area contributed by atoms with Gasteiger partial charge in [-0.2, -0.15) is 0 Å². The third-order valence-electron chi connectivity index (χ3n) is 1.70. The third kappa shape index (κ3) is 1.96. The van der Waals surface area contributed by atoms with Gasteiger partial charge in [0.15, 0.2) is 0 Å². The van der Waals surface area contributed by atoms with Crippen molar-refractivity contribution in [2.75, 3.05) is 5.84 Å². The fourth-order valence-corrected chi connectivity index (χ4v) is 0.981. The Labute approximate surface area is 84.2 Å². The Hall–Kier alpha value is -2.31. The Balaban J connectivity index is 2.26. The number of nitrogen functional groups attached to an aromatic ring is 1. The van der Waals surface area contributed by atoms with Crippen LogP contribution >= 0.6 is 0 Å². The highest BCUT2D eigenvalue weighted by molar-refractivity contribution is 5.81. The Bertz CT molecular complexity index is 491. The van der Waals surface area contributed by atoms with Crippen LogP contribution in [0.25, 0.3) is 0 Å². The second kappa shape index (κ2) is 3.82. The van der Waals surface area contributed by atoms with Crippen LogP contribution in [0.4, 0.5) is 10.3 Å². The average Bonchev–Trinajstić information content (AvgIpc) is 2.63. The number of nitrogens with two attached hydrogens (primary N) is 1. The van der Waals surface area contributed by atoms with Crippen LogP contribution in [0.2, 0.25) is 0 Å². The molecule has 1 aromatic carbocycles. The number of aliphatic imine (C=N–C) groups is 1. The number of hydrogen-bond donors (Lipinski definition) is 1. The molecule has 1 heterocycles. The Kier molecular flexibility index (Phi) is 2.36. The largest absolute Gasteiger partial charge is 0.318 e. The van der Waals surface area contributed by atoms with Crippen molar-refractivity contribution in [2.45, 2.75) is 0 Å². The first-order chi connectivity index (χ1) is 7.27. The van der Waals surface area contributed by atoms with E-state index < -0.39 is 0 Å². The summed E-state index contributed by atoms with van der Waals surface area (Å²) < 4.78 is 13.1. The van der Waals surface area contributed by atoms with Gasteiger partial charge in [0, 0.05) is 11.8 Å². The van der Waals surface area contributed by atoms with E-state index in [1.54, 1.807) is 18.2 Å². The van der Waals surface area contributed by atoms with Crippen molar-refractivity contribution in [3.63, 3.8) is 0 Å². The van der Waals surface area contributed by atoms with Crippen LogP contribution in [-0.4, -0.2) is 26.5 Å². The van der Waals surface area contributed by atoms with Crippen LogP contribution in [0.5, 0.6) is 0 Å². The maximum Gasteiger partial charge on any atom is 0.288 e. The van der Waals surface area contributed by atoms with E-state index in [1.165, 1.54) is 12.3 Å². The van der Waals surface area contributed by atoms with Crippen molar-refractivity contribution in [1.82, 2.24) is 20.3 Å². The summed E-state index contributed by atoms with van der Waals surface area (Å²) in [4.78, 5) is 4.73. The van der Waals surface area contributed by atoms with Gasteiger partial charge < -0.3 is 5.84 Å². The molecule has 1 aromatic heterocycles. The fourth-order valence-electron chi connectivity index (χ4n) is 0.981. The number of tetrazole rings is 1. The van der Waals surface area contributed by atoms with Gasteiger partial charge >= 0.3 is 0 Å². The van der Waals surface area contributed by atoms with Gasteiger partial charge in [0.2, 0.25) is 0 Å². The first kappa shape index (κ1) is 9.25. The molecule has 0 aliphatic rings. The van der Waals surface area contributed by atoms with Crippen molar-refractivity contribution in [3.05, 3.63) is 35.6 Å². The van der Waals surface area contributed by atoms with Gasteiger partial charge in [-0.1, -0.05) is 23.3 Å². The predicted molar refractivity (Wildman–Crippen MR) is 51.6 cm³/mol. The normalized spacial score (nSPS) is 11.0. The summed E-state index contributed by atoms with van der Waals surface area (Å²) in [6, 6.07) is 6.23. The molecular weight excluding hydrogens is 199 g/mol. The zero-order valence-corrected chi connectivity index (χ0v) is 7.58. The molecule has 0 saturated heterocycles. The number of aromatic nitrogens is 4. The molecule has 0 aliphatic heterocycles. The topological polar surface area (TPSA) is 82.0 Å². The average molecular weight is 206 g/mol. The van der Waals surface area contributed by atoms with Gasteiger partial charge in [-0.05, 0) is 16.5 Å². The molecule has 15 heavy (non-hydrogen) atoms. The van der Waals surface area contributed by atoms with Gasteiger partial charge in [0.1, 0.15) is 5.82 Å². The molecule has 2 aromatic rings. The summed E-state index contributed by atoms with van der Waals surface area (Å²) in [5.74, 6) is 5.06. The summed E-state index contributed by atoms with van der Waals surface area (Å²) in [6.07, 6.45) is 1.31. The van der Waals surface area contributed by atoms with Crippen LogP contribution in [-0.2, 0) is 0 Å². The minimum Gasteiger partial charge on any atom is -0.318 e. The Morgan fingerprint density at radius 3 is 2.87 bits per heavy atom. The van der Waals surface area contributed by atoms with Gasteiger partial charge in [0.05, 0.1) is 0 Å². The minimum absolute atomic E-state index is 0.109. The summed E-state index contributed by atoms with van der Waals surface area (Å²) in [7, 11) is 0. The first-order valence-electron chi connectivity index (χ1n) is 4.09. The number of benzene rings is 1. The molecule has 0 radical (unpaired) electrons. The van der Waals surface area contributed by atoms with E-state index in [0.717, 1.165) is 4.79 Å². The highest BCUT2D eigenvalue weighted by atomic mass is 19.1. The van der Waals surface area contributed by atoms with E-state index in [-0.39, 0.29) is 11.8 Å². The van der Waals surface area contributed by atoms with Gasteiger partial charge in [-0.15, -0.1) is 4.79 Å². The van der Waals surface area contributed by atoms with E-state index in [9.17, 15) is 4.39 Å². The van der Waals surface area contributed by atoms with Gasteiger partial charge in [-0.3, -0.25) is 0 Å². The van der Waals surface area contributed by atoms with E-state index in [0.29, 0.717) is 5.56 Å². The standard InChI is InChI=1S/C8H7FN6/c9-7-4-2-1-3-6(7)5-11-8-12-13-14-15(8)10/h1-5H,10H2. The smallest absolute Gasteiger partial charge is 0.288 e. The van der Waals surface area contributed by atoms with Crippen LogP contribution in [0, 0.1) is 5.82 Å². The molecule has 2 rings (SSSR count). The molecule has 6 nitrogen and oxygen atoms in total. The number of rotatable bonds is 2. The van der Waals surface area contributed by atoms with E-state index in [4.69, 9.17) is 5.84 Å². The number of nitrogens with zero attached hydrogens (tertiary/aromatic N) is 5. The summed E-state index contributed by atoms with van der Waals surface area (Å²) in [6.45, 7) is 0. The molecule has 0 amide bonds.